The first kappa shape index (κ1) is 24.4. The monoisotopic (exact) mass is 516 g/mol. The fourth-order valence-corrected chi connectivity index (χ4v) is 7.75. The Kier molecular flexibility index (Phi) is 6.68. The predicted octanol–water partition coefficient (Wildman–Crippen LogP) is 6.67. The zero-order valence-corrected chi connectivity index (χ0v) is 21.8. The van der Waals surface area contributed by atoms with Crippen molar-refractivity contribution in [3.8, 4) is 0 Å². The van der Waals surface area contributed by atoms with Gasteiger partial charge in [-0.2, -0.15) is 0 Å². The Balaban J connectivity index is 1.29. The van der Waals surface area contributed by atoms with Crippen LogP contribution >= 0.6 is 7.29 Å². The molecule has 5 heteroatoms. The number of carbonyl (C=O) groups excluding carboxylic acids is 1. The lowest BCUT2D eigenvalue weighted by Gasteiger charge is -2.28. The summed E-state index contributed by atoms with van der Waals surface area (Å²) in [6.07, 6.45) is 0.732. The molecule has 38 heavy (non-hydrogen) atoms. The van der Waals surface area contributed by atoms with E-state index in [1.54, 1.807) is 0 Å². The maximum absolute atomic E-state index is 14.8. The molecular weight excluding hydrogens is 487 g/mol. The van der Waals surface area contributed by atoms with Crippen LogP contribution in [0.15, 0.2) is 133 Å². The van der Waals surface area contributed by atoms with Gasteiger partial charge in [0.25, 0.3) is 0 Å². The fraction of sp³-hybridized carbons (Fsp3) is 0.121. The Labute approximate surface area is 223 Å². The molecule has 0 radical (unpaired) electrons. The van der Waals surface area contributed by atoms with E-state index < -0.39 is 7.29 Å². The minimum atomic E-state index is -3.19. The summed E-state index contributed by atoms with van der Waals surface area (Å²) >= 11 is 0. The average molecular weight is 517 g/mol. The molecule has 0 spiro atoms. The van der Waals surface area contributed by atoms with Crippen LogP contribution in [0.5, 0.6) is 0 Å². The minimum absolute atomic E-state index is 0.00210. The molecule has 0 heterocycles. The van der Waals surface area contributed by atoms with Gasteiger partial charge >= 0.3 is 0 Å². The van der Waals surface area contributed by atoms with Crippen LogP contribution in [-0.2, 0) is 9.36 Å². The standard InChI is InChI=1S/C33H29N2O2P/c36-33(34-27-21-20-24-12-10-11-15-26(24)22-27)31-23-30(31)32(25-13-4-1-5-14-25)35-38(37,28-16-6-2-7-17-28)29-18-8-3-9-19-29/h1-22,30-32H,23H2,(H,34,36)(H,35,37)/t30-,31-,32+/m1/s1. The molecule has 1 amide bonds. The van der Waals surface area contributed by atoms with E-state index in [-0.39, 0.29) is 23.8 Å². The molecule has 0 saturated heterocycles. The third kappa shape index (κ3) is 4.93. The lowest BCUT2D eigenvalue weighted by molar-refractivity contribution is -0.117. The number of hydrogen-bond acceptors (Lipinski definition) is 2. The van der Waals surface area contributed by atoms with Crippen LogP contribution < -0.4 is 21.0 Å². The second-order valence-corrected chi connectivity index (χ2v) is 12.4. The molecule has 5 aromatic carbocycles. The molecule has 5 aromatic rings. The van der Waals surface area contributed by atoms with Crippen molar-refractivity contribution in [1.82, 2.24) is 5.09 Å². The maximum Gasteiger partial charge on any atom is 0.227 e. The van der Waals surface area contributed by atoms with Crippen molar-refractivity contribution in [2.75, 3.05) is 5.32 Å². The third-order valence-corrected chi connectivity index (χ3v) is 10.0. The summed E-state index contributed by atoms with van der Waals surface area (Å²) in [7, 11) is -3.19. The average Bonchev–Trinajstić information content (AvgIpc) is 3.78. The second-order valence-electron chi connectivity index (χ2n) is 9.86. The topological polar surface area (TPSA) is 58.2 Å². The number of fused-ring (bicyclic) bond motifs is 1. The Morgan fingerprint density at radius 2 is 1.24 bits per heavy atom. The van der Waals surface area contributed by atoms with Gasteiger partial charge in [0.2, 0.25) is 13.2 Å². The molecular formula is C33H29N2O2P. The van der Waals surface area contributed by atoms with Gasteiger partial charge in [-0.25, -0.2) is 0 Å². The number of carbonyl (C=O) groups is 1. The van der Waals surface area contributed by atoms with Gasteiger partial charge in [0, 0.05) is 28.3 Å². The van der Waals surface area contributed by atoms with Crippen molar-refractivity contribution in [3.63, 3.8) is 0 Å². The molecule has 0 bridgehead atoms. The van der Waals surface area contributed by atoms with E-state index in [1.165, 1.54) is 0 Å². The lowest BCUT2D eigenvalue weighted by atomic mass is 10.0. The van der Waals surface area contributed by atoms with Crippen LogP contribution in [0.2, 0.25) is 0 Å². The van der Waals surface area contributed by atoms with Crippen LogP contribution in [0, 0.1) is 11.8 Å². The van der Waals surface area contributed by atoms with E-state index in [1.807, 2.05) is 115 Å². The van der Waals surface area contributed by atoms with Crippen molar-refractivity contribution in [2.24, 2.45) is 11.8 Å². The summed E-state index contributed by atoms with van der Waals surface area (Å²) in [5, 5.41) is 10.5. The molecule has 188 valence electrons. The Morgan fingerprint density at radius 3 is 1.87 bits per heavy atom. The Hall–Kier alpha value is -3.98. The molecule has 1 saturated carbocycles. The molecule has 0 aliphatic heterocycles. The third-order valence-electron chi connectivity index (χ3n) is 7.34. The smallest absolute Gasteiger partial charge is 0.227 e. The predicted molar refractivity (Wildman–Crippen MR) is 156 cm³/mol. The normalized spacial score (nSPS) is 17.6. The molecule has 1 aliphatic rings. The van der Waals surface area contributed by atoms with Crippen molar-refractivity contribution in [1.29, 1.82) is 0 Å². The summed E-state index contributed by atoms with van der Waals surface area (Å²) in [5.41, 5.74) is 1.83. The van der Waals surface area contributed by atoms with Gasteiger partial charge in [-0.1, -0.05) is 97.1 Å². The number of hydrogen-bond donors (Lipinski definition) is 2. The maximum atomic E-state index is 14.8. The minimum Gasteiger partial charge on any atom is -0.326 e. The van der Waals surface area contributed by atoms with Crippen LogP contribution in [-0.4, -0.2) is 5.91 Å². The van der Waals surface area contributed by atoms with Gasteiger partial charge in [-0.15, -0.1) is 0 Å². The van der Waals surface area contributed by atoms with Crippen LogP contribution in [0.3, 0.4) is 0 Å². The van der Waals surface area contributed by atoms with Crippen molar-refractivity contribution in [3.05, 3.63) is 139 Å². The summed E-state index contributed by atoms with van der Waals surface area (Å²) in [6, 6.07) is 43.1. The summed E-state index contributed by atoms with van der Waals surface area (Å²) in [4.78, 5) is 13.4. The van der Waals surface area contributed by atoms with Crippen molar-refractivity contribution in [2.45, 2.75) is 12.5 Å². The number of anilines is 1. The number of benzene rings is 5. The molecule has 1 aliphatic carbocycles. The highest BCUT2D eigenvalue weighted by molar-refractivity contribution is 7.76. The zero-order valence-electron chi connectivity index (χ0n) is 20.9. The molecule has 1 fully saturated rings. The molecule has 0 aromatic heterocycles. The highest BCUT2D eigenvalue weighted by Crippen LogP contribution is 2.52. The van der Waals surface area contributed by atoms with Crippen LogP contribution in [0.25, 0.3) is 10.8 Å². The van der Waals surface area contributed by atoms with Gasteiger partial charge in [-0.05, 0) is 65.1 Å². The molecule has 0 unspecified atom stereocenters. The van der Waals surface area contributed by atoms with E-state index in [2.05, 4.69) is 28.6 Å². The largest absolute Gasteiger partial charge is 0.326 e. The number of amides is 1. The zero-order chi connectivity index (χ0) is 26.0. The van der Waals surface area contributed by atoms with E-state index in [0.29, 0.717) is 0 Å². The van der Waals surface area contributed by atoms with Crippen molar-refractivity contribution >= 4 is 40.3 Å². The number of nitrogens with one attached hydrogen (secondary N) is 2. The summed E-state index contributed by atoms with van der Waals surface area (Å²) in [6.45, 7) is 0. The van der Waals surface area contributed by atoms with Gasteiger partial charge < -0.3 is 5.32 Å². The quantitative estimate of drug-likeness (QED) is 0.226. The first-order valence-corrected chi connectivity index (χ1v) is 14.7. The molecule has 4 nitrogen and oxygen atoms in total. The van der Waals surface area contributed by atoms with Crippen molar-refractivity contribution < 1.29 is 9.36 Å². The van der Waals surface area contributed by atoms with E-state index in [4.69, 9.17) is 0 Å². The molecule has 2 N–H and O–H groups in total. The fourth-order valence-electron chi connectivity index (χ4n) is 5.23. The van der Waals surface area contributed by atoms with Gasteiger partial charge in [0.05, 0.1) is 0 Å². The molecule has 6 rings (SSSR count). The van der Waals surface area contributed by atoms with Gasteiger partial charge in [0.1, 0.15) is 0 Å². The lowest BCUT2D eigenvalue weighted by Crippen LogP contribution is -2.32. The van der Waals surface area contributed by atoms with E-state index in [0.717, 1.165) is 39.1 Å². The SMILES string of the molecule is O=C(Nc1ccc2ccccc2c1)[C@@H]1C[C@H]1[C@@H](NP(=O)(c1ccccc1)c1ccccc1)c1ccccc1. The highest BCUT2D eigenvalue weighted by atomic mass is 31.2. The first-order valence-electron chi connectivity index (χ1n) is 13.0. The second kappa shape index (κ2) is 10.4. The molecule has 3 atom stereocenters. The van der Waals surface area contributed by atoms with E-state index >= 15 is 0 Å². The Morgan fingerprint density at radius 1 is 0.684 bits per heavy atom. The van der Waals surface area contributed by atoms with Crippen LogP contribution in [0.4, 0.5) is 5.69 Å². The summed E-state index contributed by atoms with van der Waals surface area (Å²) < 4.78 is 14.8. The first-order chi connectivity index (χ1) is 18.6. The Bertz CT molecular complexity index is 1560. The summed E-state index contributed by atoms with van der Waals surface area (Å²) in [5.74, 6) is -0.139. The van der Waals surface area contributed by atoms with Gasteiger partial charge in [0.15, 0.2) is 0 Å². The van der Waals surface area contributed by atoms with E-state index in [9.17, 15) is 9.36 Å². The number of rotatable bonds is 8. The van der Waals surface area contributed by atoms with Crippen LogP contribution in [0.1, 0.15) is 18.0 Å². The van der Waals surface area contributed by atoms with Gasteiger partial charge in [-0.3, -0.25) is 14.4 Å². The highest BCUT2D eigenvalue weighted by Gasteiger charge is 2.50.